The molecule has 2 aromatic rings. The van der Waals surface area contributed by atoms with Gasteiger partial charge in [-0.2, -0.15) is 0 Å². The Morgan fingerprint density at radius 1 is 1.19 bits per heavy atom. The fourth-order valence-corrected chi connectivity index (χ4v) is 3.75. The predicted molar refractivity (Wildman–Crippen MR) is 101 cm³/mol. The Bertz CT molecular complexity index is 888. The maximum Gasteiger partial charge on any atom is 0.252 e. The molecule has 4 nitrogen and oxygen atoms in total. The zero-order chi connectivity index (χ0) is 19.6. The summed E-state index contributed by atoms with van der Waals surface area (Å²) in [6, 6.07) is 8.31. The fraction of sp³-hybridized carbons (Fsp3) is 0.300. The van der Waals surface area contributed by atoms with E-state index >= 15 is 0 Å². The summed E-state index contributed by atoms with van der Waals surface area (Å²) in [4.78, 5) is 26.4. The number of fused-ring (bicyclic) bond motifs is 1. The summed E-state index contributed by atoms with van der Waals surface area (Å²) in [6.45, 7) is 2.57. The van der Waals surface area contributed by atoms with Crippen LogP contribution in [-0.2, 0) is 11.2 Å². The third kappa shape index (κ3) is 4.35. The van der Waals surface area contributed by atoms with Crippen LogP contribution in [0.2, 0.25) is 0 Å². The number of halogens is 3. The second-order valence-electron chi connectivity index (χ2n) is 6.49. The quantitative estimate of drug-likeness (QED) is 0.787. The number of benzene rings is 2. The van der Waals surface area contributed by atoms with Gasteiger partial charge in [-0.1, -0.05) is 6.07 Å². The first-order valence-electron chi connectivity index (χ1n) is 8.68. The van der Waals surface area contributed by atoms with Crippen LogP contribution in [0.1, 0.15) is 40.9 Å². The summed E-state index contributed by atoms with van der Waals surface area (Å²) in [6.07, 6.45) is 0.794. The number of amides is 2. The summed E-state index contributed by atoms with van der Waals surface area (Å²) in [5.74, 6) is -1.39. The van der Waals surface area contributed by atoms with Crippen molar-refractivity contribution in [3.05, 3.63) is 69.2 Å². The number of carbonyl (C=O) groups is 2. The van der Waals surface area contributed by atoms with Crippen molar-refractivity contribution < 1.29 is 18.4 Å². The third-order valence-corrected chi connectivity index (χ3v) is 5.46. The molecule has 0 aliphatic carbocycles. The number of hydrogen-bond donors (Lipinski definition) is 1. The van der Waals surface area contributed by atoms with Gasteiger partial charge in [0.25, 0.3) is 5.91 Å². The van der Waals surface area contributed by atoms with Crippen LogP contribution in [-0.4, -0.2) is 29.8 Å². The summed E-state index contributed by atoms with van der Waals surface area (Å²) >= 11 is 3.21. The Morgan fingerprint density at radius 3 is 2.67 bits per heavy atom. The van der Waals surface area contributed by atoms with Gasteiger partial charge in [0.1, 0.15) is 11.6 Å². The molecule has 0 spiro atoms. The highest BCUT2D eigenvalue weighted by atomic mass is 79.9. The van der Waals surface area contributed by atoms with Crippen molar-refractivity contribution in [1.29, 1.82) is 0 Å². The number of hydrogen-bond acceptors (Lipinski definition) is 2. The smallest absolute Gasteiger partial charge is 0.252 e. The zero-order valence-electron chi connectivity index (χ0n) is 14.8. The highest BCUT2D eigenvalue weighted by Gasteiger charge is 2.27. The van der Waals surface area contributed by atoms with Crippen molar-refractivity contribution in [2.24, 2.45) is 0 Å². The van der Waals surface area contributed by atoms with Gasteiger partial charge in [0, 0.05) is 24.0 Å². The van der Waals surface area contributed by atoms with Crippen LogP contribution < -0.4 is 5.32 Å². The van der Waals surface area contributed by atoms with Crippen molar-refractivity contribution >= 4 is 27.7 Å². The normalized spacial score (nSPS) is 16.0. The number of nitrogens with one attached hydrogen (secondary N) is 1. The first-order chi connectivity index (χ1) is 12.9. The lowest BCUT2D eigenvalue weighted by molar-refractivity contribution is -0.133. The average Bonchev–Trinajstić information content (AvgIpc) is 2.64. The van der Waals surface area contributed by atoms with Gasteiger partial charge in [0.05, 0.1) is 11.6 Å². The summed E-state index contributed by atoms with van der Waals surface area (Å²) in [5.41, 5.74) is 2.05. The molecule has 3 rings (SSSR count). The van der Waals surface area contributed by atoms with E-state index in [1.807, 2.05) is 6.92 Å². The molecule has 1 aliphatic heterocycles. The molecule has 0 saturated carbocycles. The minimum absolute atomic E-state index is 0.115. The SMILES string of the molecule is CC1c2cc(F)ccc2CCN1C(=O)CCNC(=O)c1cc(F)ccc1Br. The van der Waals surface area contributed by atoms with E-state index in [0.717, 1.165) is 17.2 Å². The van der Waals surface area contributed by atoms with Crippen LogP contribution in [0.5, 0.6) is 0 Å². The molecule has 7 heteroatoms. The van der Waals surface area contributed by atoms with Crippen LogP contribution in [0, 0.1) is 11.6 Å². The van der Waals surface area contributed by atoms with Gasteiger partial charge in [-0.05, 0) is 70.7 Å². The van der Waals surface area contributed by atoms with Gasteiger partial charge in [0.15, 0.2) is 0 Å². The Kier molecular flexibility index (Phi) is 5.89. The maximum absolute atomic E-state index is 13.5. The molecule has 142 valence electrons. The van der Waals surface area contributed by atoms with Crippen molar-refractivity contribution in [3.63, 3.8) is 0 Å². The average molecular weight is 437 g/mol. The number of carbonyl (C=O) groups excluding carboxylic acids is 2. The summed E-state index contributed by atoms with van der Waals surface area (Å²) in [7, 11) is 0. The minimum atomic E-state index is -0.507. The fourth-order valence-electron chi connectivity index (χ4n) is 3.32. The molecule has 0 saturated heterocycles. The van der Waals surface area contributed by atoms with E-state index in [2.05, 4.69) is 21.2 Å². The second-order valence-corrected chi connectivity index (χ2v) is 7.34. The van der Waals surface area contributed by atoms with Crippen LogP contribution in [0.15, 0.2) is 40.9 Å². The van der Waals surface area contributed by atoms with Crippen LogP contribution >= 0.6 is 15.9 Å². The van der Waals surface area contributed by atoms with E-state index in [1.54, 1.807) is 11.0 Å². The molecule has 0 bridgehead atoms. The van der Waals surface area contributed by atoms with E-state index in [1.165, 1.54) is 24.3 Å². The maximum atomic E-state index is 13.5. The van der Waals surface area contributed by atoms with E-state index in [-0.39, 0.29) is 36.3 Å². The molecule has 0 aromatic heterocycles. The van der Waals surface area contributed by atoms with Crippen molar-refractivity contribution in [2.75, 3.05) is 13.1 Å². The monoisotopic (exact) mass is 436 g/mol. The number of rotatable bonds is 4. The molecule has 27 heavy (non-hydrogen) atoms. The van der Waals surface area contributed by atoms with Crippen molar-refractivity contribution in [1.82, 2.24) is 10.2 Å². The summed E-state index contributed by atoms with van der Waals surface area (Å²) < 4.78 is 27.3. The standard InChI is InChI=1S/C20H19BrF2N2O2/c1-12-16-10-14(22)3-2-13(16)7-9-25(12)19(26)6-8-24-20(27)17-11-15(23)4-5-18(17)21/h2-5,10-12H,6-9H2,1H3,(H,24,27). The zero-order valence-corrected chi connectivity index (χ0v) is 16.4. The first kappa shape index (κ1) is 19.5. The Balaban J connectivity index is 1.58. The largest absolute Gasteiger partial charge is 0.351 e. The molecule has 1 unspecified atom stereocenters. The highest BCUT2D eigenvalue weighted by molar-refractivity contribution is 9.10. The van der Waals surface area contributed by atoms with Crippen LogP contribution in [0.4, 0.5) is 8.78 Å². The Hall–Kier alpha value is -2.28. The highest BCUT2D eigenvalue weighted by Crippen LogP contribution is 2.30. The summed E-state index contributed by atoms with van der Waals surface area (Å²) in [5, 5.41) is 2.64. The number of nitrogens with zero attached hydrogens (tertiary/aromatic N) is 1. The molecular formula is C20H19BrF2N2O2. The Morgan fingerprint density at radius 2 is 1.89 bits per heavy atom. The lowest BCUT2D eigenvalue weighted by Gasteiger charge is -2.35. The molecule has 0 fully saturated rings. The third-order valence-electron chi connectivity index (χ3n) is 4.77. The topological polar surface area (TPSA) is 49.4 Å². The van der Waals surface area contributed by atoms with E-state index in [0.29, 0.717) is 17.4 Å². The molecule has 1 heterocycles. The first-order valence-corrected chi connectivity index (χ1v) is 9.47. The lowest BCUT2D eigenvalue weighted by Crippen LogP contribution is -2.40. The molecule has 2 aromatic carbocycles. The molecule has 0 radical (unpaired) electrons. The predicted octanol–water partition coefficient (Wildman–Crippen LogP) is 3.99. The van der Waals surface area contributed by atoms with Gasteiger partial charge in [-0.25, -0.2) is 8.78 Å². The van der Waals surface area contributed by atoms with Gasteiger partial charge in [-0.15, -0.1) is 0 Å². The molecule has 2 amide bonds. The van der Waals surface area contributed by atoms with E-state index in [9.17, 15) is 18.4 Å². The van der Waals surface area contributed by atoms with Gasteiger partial charge >= 0.3 is 0 Å². The molecule has 1 N–H and O–H groups in total. The van der Waals surface area contributed by atoms with Crippen LogP contribution in [0.25, 0.3) is 0 Å². The Labute approximate surface area is 164 Å². The van der Waals surface area contributed by atoms with Crippen molar-refractivity contribution in [2.45, 2.75) is 25.8 Å². The van der Waals surface area contributed by atoms with E-state index < -0.39 is 11.7 Å². The van der Waals surface area contributed by atoms with Gasteiger partial charge in [-0.3, -0.25) is 9.59 Å². The minimum Gasteiger partial charge on any atom is -0.351 e. The van der Waals surface area contributed by atoms with Crippen molar-refractivity contribution in [3.8, 4) is 0 Å². The second kappa shape index (κ2) is 8.17. The molecule has 1 aliphatic rings. The molecule has 1 atom stereocenters. The lowest BCUT2D eigenvalue weighted by atomic mass is 9.93. The molecular weight excluding hydrogens is 418 g/mol. The van der Waals surface area contributed by atoms with E-state index in [4.69, 9.17) is 0 Å². The van der Waals surface area contributed by atoms with Crippen LogP contribution in [0.3, 0.4) is 0 Å². The van der Waals surface area contributed by atoms with Gasteiger partial charge in [0.2, 0.25) is 5.91 Å². The van der Waals surface area contributed by atoms with Gasteiger partial charge < -0.3 is 10.2 Å².